The van der Waals surface area contributed by atoms with Gasteiger partial charge in [0.2, 0.25) is 0 Å². The van der Waals surface area contributed by atoms with Crippen molar-refractivity contribution in [3.63, 3.8) is 0 Å². The number of anilines is 1. The molecule has 0 aromatic heterocycles. The van der Waals surface area contributed by atoms with Gasteiger partial charge in [0.25, 0.3) is 0 Å². The van der Waals surface area contributed by atoms with Crippen molar-refractivity contribution in [1.29, 1.82) is 0 Å². The van der Waals surface area contributed by atoms with Crippen LogP contribution in [0.4, 0.5) is 5.69 Å². The second-order valence-corrected chi connectivity index (χ2v) is 5.57. The minimum absolute atomic E-state index is 0.183. The number of thiocarbonyl (C=S) groups is 1. The highest BCUT2D eigenvalue weighted by Crippen LogP contribution is 2.17. The molecule has 2 rings (SSSR count). The normalized spacial score (nSPS) is 18.1. The molecule has 0 saturated carbocycles. The Bertz CT molecular complexity index is 428. The Morgan fingerprint density at radius 3 is 2.75 bits per heavy atom. The molecular weight excluding hydrogens is 272 g/mol. The first-order chi connectivity index (χ1) is 9.63. The zero-order valence-corrected chi connectivity index (χ0v) is 12.8. The molecule has 1 heterocycles. The highest BCUT2D eigenvalue weighted by molar-refractivity contribution is 7.80. The molecule has 0 aliphatic carbocycles. The van der Waals surface area contributed by atoms with E-state index in [9.17, 15) is 0 Å². The maximum Gasteiger partial charge on any atom is 0.170 e. The third-order valence-corrected chi connectivity index (χ3v) is 3.24. The number of nitrogens with one attached hydrogen (secondary N) is 2. The van der Waals surface area contributed by atoms with E-state index in [4.69, 9.17) is 21.7 Å². The number of ether oxygens (including phenoxy) is 2. The maximum absolute atomic E-state index is 5.60. The molecule has 1 aliphatic rings. The molecule has 20 heavy (non-hydrogen) atoms. The van der Waals surface area contributed by atoms with Crippen molar-refractivity contribution in [2.75, 3.05) is 18.5 Å². The minimum atomic E-state index is 0.183. The summed E-state index contributed by atoms with van der Waals surface area (Å²) in [6.45, 7) is 5.65. The van der Waals surface area contributed by atoms with Gasteiger partial charge >= 0.3 is 0 Å². The molecule has 1 aromatic rings. The number of hydrogen-bond donors (Lipinski definition) is 2. The Morgan fingerprint density at radius 1 is 1.40 bits per heavy atom. The van der Waals surface area contributed by atoms with Crippen molar-refractivity contribution in [2.24, 2.45) is 0 Å². The van der Waals surface area contributed by atoms with Gasteiger partial charge in [0.1, 0.15) is 5.75 Å². The summed E-state index contributed by atoms with van der Waals surface area (Å²) < 4.78 is 11.1. The zero-order valence-electron chi connectivity index (χ0n) is 12.0. The van der Waals surface area contributed by atoms with E-state index in [1.807, 2.05) is 38.1 Å². The molecular formula is C15H22N2O2S. The largest absolute Gasteiger partial charge is 0.491 e. The van der Waals surface area contributed by atoms with Gasteiger partial charge in [-0.25, -0.2) is 0 Å². The van der Waals surface area contributed by atoms with E-state index in [0.29, 0.717) is 5.11 Å². The third kappa shape index (κ3) is 4.98. The van der Waals surface area contributed by atoms with Crippen LogP contribution in [0.15, 0.2) is 24.3 Å². The van der Waals surface area contributed by atoms with Crippen molar-refractivity contribution >= 4 is 23.0 Å². The second kappa shape index (κ2) is 7.45. The molecule has 0 spiro atoms. The highest BCUT2D eigenvalue weighted by Gasteiger charge is 2.15. The monoisotopic (exact) mass is 294 g/mol. The van der Waals surface area contributed by atoms with Crippen LogP contribution < -0.4 is 15.4 Å². The van der Waals surface area contributed by atoms with E-state index in [-0.39, 0.29) is 12.2 Å². The number of rotatable bonds is 5. The fourth-order valence-corrected chi connectivity index (χ4v) is 2.28. The van der Waals surface area contributed by atoms with Crippen molar-refractivity contribution in [3.8, 4) is 5.75 Å². The van der Waals surface area contributed by atoms with Crippen molar-refractivity contribution < 1.29 is 9.47 Å². The zero-order chi connectivity index (χ0) is 14.4. The predicted molar refractivity (Wildman–Crippen MR) is 85.4 cm³/mol. The molecule has 2 N–H and O–H groups in total. The molecule has 1 fully saturated rings. The van der Waals surface area contributed by atoms with Gasteiger partial charge in [-0.1, -0.05) is 0 Å². The molecule has 0 radical (unpaired) electrons. The van der Waals surface area contributed by atoms with Crippen molar-refractivity contribution in [1.82, 2.24) is 5.32 Å². The van der Waals surface area contributed by atoms with Crippen LogP contribution in [-0.4, -0.2) is 30.5 Å². The Kier molecular flexibility index (Phi) is 5.61. The van der Waals surface area contributed by atoms with Crippen molar-refractivity contribution in [2.45, 2.75) is 38.9 Å². The summed E-state index contributed by atoms with van der Waals surface area (Å²) in [5.41, 5.74) is 0.950. The quantitative estimate of drug-likeness (QED) is 0.817. The summed E-state index contributed by atoms with van der Waals surface area (Å²) in [7, 11) is 0. The third-order valence-electron chi connectivity index (χ3n) is 3.00. The number of benzene rings is 1. The summed E-state index contributed by atoms with van der Waals surface area (Å²) in [5, 5.41) is 6.96. The Hall–Kier alpha value is -1.33. The predicted octanol–water partition coefficient (Wildman–Crippen LogP) is 2.94. The molecule has 0 bridgehead atoms. The minimum Gasteiger partial charge on any atom is -0.491 e. The van der Waals surface area contributed by atoms with Crippen LogP contribution in [0.2, 0.25) is 0 Å². The summed E-state index contributed by atoms with van der Waals surface area (Å²) in [5.74, 6) is 0.865. The lowest BCUT2D eigenvalue weighted by molar-refractivity contribution is 0.114. The molecule has 1 aliphatic heterocycles. The lowest BCUT2D eigenvalue weighted by atomic mass is 10.2. The summed E-state index contributed by atoms with van der Waals surface area (Å²) in [4.78, 5) is 0. The topological polar surface area (TPSA) is 42.5 Å². The highest BCUT2D eigenvalue weighted by atomic mass is 32.1. The smallest absolute Gasteiger partial charge is 0.170 e. The van der Waals surface area contributed by atoms with Gasteiger partial charge in [-0.05, 0) is 63.2 Å². The molecule has 110 valence electrons. The first-order valence-corrected chi connectivity index (χ1v) is 7.47. The van der Waals surface area contributed by atoms with E-state index < -0.39 is 0 Å². The summed E-state index contributed by atoms with van der Waals surface area (Å²) >= 11 is 5.26. The standard InChI is InChI=1S/C15H22N2O2S/c1-11(2)19-13-7-5-12(6-8-13)17-15(20)16-10-14-4-3-9-18-14/h5-8,11,14H,3-4,9-10H2,1-2H3,(H2,16,17,20)/t14-/m1/s1. The van der Waals surface area contributed by atoms with Gasteiger partial charge in [-0.2, -0.15) is 0 Å². The SMILES string of the molecule is CC(C)Oc1ccc(NC(=S)NC[C@H]2CCCO2)cc1. The van der Waals surface area contributed by atoms with E-state index in [1.54, 1.807) is 0 Å². The van der Waals surface area contributed by atoms with E-state index in [0.717, 1.165) is 37.4 Å². The first-order valence-electron chi connectivity index (χ1n) is 7.06. The fraction of sp³-hybridized carbons (Fsp3) is 0.533. The second-order valence-electron chi connectivity index (χ2n) is 5.16. The summed E-state index contributed by atoms with van der Waals surface area (Å²) in [6, 6.07) is 7.78. The van der Waals surface area contributed by atoms with Crippen molar-refractivity contribution in [3.05, 3.63) is 24.3 Å². The van der Waals surface area contributed by atoms with Gasteiger partial charge in [-0.3, -0.25) is 0 Å². The fourth-order valence-electron chi connectivity index (χ4n) is 2.08. The molecule has 1 saturated heterocycles. The van der Waals surface area contributed by atoms with Gasteiger partial charge < -0.3 is 20.1 Å². The Balaban J connectivity index is 1.75. The van der Waals surface area contributed by atoms with Crippen LogP contribution >= 0.6 is 12.2 Å². The van der Waals surface area contributed by atoms with Crippen LogP contribution in [0.5, 0.6) is 5.75 Å². The van der Waals surface area contributed by atoms with Gasteiger partial charge in [0, 0.05) is 18.8 Å². The Morgan fingerprint density at radius 2 is 2.15 bits per heavy atom. The summed E-state index contributed by atoms with van der Waals surface area (Å²) in [6.07, 6.45) is 2.72. The van der Waals surface area contributed by atoms with Crippen LogP contribution in [-0.2, 0) is 4.74 Å². The lowest BCUT2D eigenvalue weighted by Crippen LogP contribution is -2.34. The average Bonchev–Trinajstić information content (AvgIpc) is 2.91. The number of hydrogen-bond acceptors (Lipinski definition) is 3. The van der Waals surface area contributed by atoms with E-state index in [1.165, 1.54) is 0 Å². The lowest BCUT2D eigenvalue weighted by Gasteiger charge is -2.14. The molecule has 0 unspecified atom stereocenters. The molecule has 4 nitrogen and oxygen atoms in total. The first kappa shape index (κ1) is 15.1. The maximum atomic E-state index is 5.60. The van der Waals surface area contributed by atoms with E-state index >= 15 is 0 Å². The molecule has 5 heteroatoms. The van der Waals surface area contributed by atoms with Crippen LogP contribution in [0.1, 0.15) is 26.7 Å². The average molecular weight is 294 g/mol. The van der Waals surface area contributed by atoms with Gasteiger partial charge in [-0.15, -0.1) is 0 Å². The molecule has 1 aromatic carbocycles. The Labute approximate surface area is 125 Å². The van der Waals surface area contributed by atoms with Crippen LogP contribution in [0.3, 0.4) is 0 Å². The van der Waals surface area contributed by atoms with E-state index in [2.05, 4.69) is 10.6 Å². The molecule has 1 atom stereocenters. The molecule has 0 amide bonds. The van der Waals surface area contributed by atoms with Gasteiger partial charge in [0.05, 0.1) is 12.2 Å². The van der Waals surface area contributed by atoms with Crippen LogP contribution in [0, 0.1) is 0 Å². The van der Waals surface area contributed by atoms with Gasteiger partial charge in [0.15, 0.2) is 5.11 Å². The van der Waals surface area contributed by atoms with Crippen LogP contribution in [0.25, 0.3) is 0 Å².